The number of benzene rings is 1. The minimum Gasteiger partial charge on any atom is -0.378 e. The van der Waals surface area contributed by atoms with Gasteiger partial charge in [-0.05, 0) is 14.0 Å². The molecule has 0 spiro atoms. The van der Waals surface area contributed by atoms with Crippen LogP contribution in [0.3, 0.4) is 0 Å². The SMILES string of the molecule is C[C@H]1CN(c2cc(F)c(-c3cnc(N4CCOCC4)nc3)cc2[N+](=O)[O-])CCN1C. The molecule has 2 saturated heterocycles. The van der Waals surface area contributed by atoms with Crippen molar-refractivity contribution in [2.45, 2.75) is 13.0 Å². The summed E-state index contributed by atoms with van der Waals surface area (Å²) in [5, 5.41) is 11.8. The van der Waals surface area contributed by atoms with Crippen molar-refractivity contribution < 1.29 is 14.1 Å². The first-order chi connectivity index (χ1) is 14.4. The zero-order valence-corrected chi connectivity index (χ0v) is 17.1. The molecule has 2 fully saturated rings. The van der Waals surface area contributed by atoms with Crippen molar-refractivity contribution >= 4 is 17.3 Å². The van der Waals surface area contributed by atoms with Crippen LogP contribution in [0.1, 0.15) is 6.92 Å². The summed E-state index contributed by atoms with van der Waals surface area (Å²) in [4.78, 5) is 26.0. The highest BCUT2D eigenvalue weighted by molar-refractivity contribution is 5.74. The summed E-state index contributed by atoms with van der Waals surface area (Å²) in [5.74, 6) is 0.0184. The van der Waals surface area contributed by atoms with Crippen LogP contribution in [0.5, 0.6) is 0 Å². The first kappa shape index (κ1) is 20.4. The molecule has 0 bridgehead atoms. The fourth-order valence-electron chi connectivity index (χ4n) is 3.83. The third-order valence-electron chi connectivity index (χ3n) is 5.80. The largest absolute Gasteiger partial charge is 0.378 e. The van der Waals surface area contributed by atoms with Crippen LogP contribution in [-0.4, -0.2) is 78.8 Å². The number of aromatic nitrogens is 2. The maximum Gasteiger partial charge on any atom is 0.293 e. The standard InChI is InChI=1S/C20H25FN6O3/c1-14-13-26(4-3-24(14)2)18-10-17(21)16(9-19(18)27(28)29)15-11-22-20(23-12-15)25-5-7-30-8-6-25/h9-12,14H,3-8,13H2,1-2H3/t14-/m0/s1. The molecule has 160 valence electrons. The molecule has 2 aliphatic heterocycles. The van der Waals surface area contributed by atoms with E-state index in [9.17, 15) is 10.1 Å². The van der Waals surface area contributed by atoms with Gasteiger partial charge in [-0.25, -0.2) is 14.4 Å². The molecule has 0 radical (unpaired) electrons. The van der Waals surface area contributed by atoms with Gasteiger partial charge in [0.05, 0.1) is 18.1 Å². The number of nitrogens with zero attached hydrogens (tertiary/aromatic N) is 6. The van der Waals surface area contributed by atoms with Gasteiger partial charge in [-0.1, -0.05) is 0 Å². The third kappa shape index (κ3) is 4.05. The highest BCUT2D eigenvalue weighted by Crippen LogP contribution is 2.36. The van der Waals surface area contributed by atoms with Crippen LogP contribution in [0.4, 0.5) is 21.7 Å². The highest BCUT2D eigenvalue weighted by atomic mass is 19.1. The van der Waals surface area contributed by atoms with E-state index in [4.69, 9.17) is 4.74 Å². The summed E-state index contributed by atoms with van der Waals surface area (Å²) in [6.07, 6.45) is 3.02. The number of rotatable bonds is 4. The number of nitro benzene ring substituents is 1. The molecular weight excluding hydrogens is 391 g/mol. The number of halogens is 1. The maximum atomic E-state index is 15.0. The van der Waals surface area contributed by atoms with Gasteiger partial charge in [0.25, 0.3) is 5.69 Å². The average Bonchev–Trinajstić information content (AvgIpc) is 2.76. The van der Waals surface area contributed by atoms with Gasteiger partial charge in [0, 0.05) is 74.4 Å². The molecule has 1 aromatic heterocycles. The monoisotopic (exact) mass is 416 g/mol. The summed E-state index contributed by atoms with van der Waals surface area (Å²) < 4.78 is 20.3. The first-order valence-corrected chi connectivity index (χ1v) is 10.0. The van der Waals surface area contributed by atoms with E-state index in [1.54, 1.807) is 0 Å². The molecule has 2 aliphatic rings. The zero-order valence-electron chi connectivity index (χ0n) is 17.1. The zero-order chi connectivity index (χ0) is 21.3. The van der Waals surface area contributed by atoms with Gasteiger partial charge in [-0.2, -0.15) is 0 Å². The van der Waals surface area contributed by atoms with E-state index in [2.05, 4.69) is 21.8 Å². The molecule has 3 heterocycles. The van der Waals surface area contributed by atoms with Crippen molar-refractivity contribution in [3.8, 4) is 11.1 Å². The Hall–Kier alpha value is -2.85. The van der Waals surface area contributed by atoms with Gasteiger partial charge in [0.1, 0.15) is 11.5 Å². The Morgan fingerprint density at radius 2 is 1.83 bits per heavy atom. The van der Waals surface area contributed by atoms with Gasteiger partial charge >= 0.3 is 0 Å². The Balaban J connectivity index is 1.64. The number of piperazine rings is 1. The normalized spacial score (nSPS) is 20.4. The summed E-state index contributed by atoms with van der Waals surface area (Å²) in [6, 6.07) is 2.78. The topological polar surface area (TPSA) is 87.9 Å². The molecule has 30 heavy (non-hydrogen) atoms. The summed E-state index contributed by atoms with van der Waals surface area (Å²) in [6.45, 7) is 6.63. The molecule has 9 nitrogen and oxygen atoms in total. The quantitative estimate of drug-likeness (QED) is 0.554. The predicted molar refractivity (Wildman–Crippen MR) is 111 cm³/mol. The van der Waals surface area contributed by atoms with Crippen LogP contribution in [0, 0.1) is 15.9 Å². The minimum absolute atomic E-state index is 0.111. The molecule has 0 aliphatic carbocycles. The van der Waals surface area contributed by atoms with E-state index in [1.807, 2.05) is 16.8 Å². The van der Waals surface area contributed by atoms with Crippen molar-refractivity contribution in [2.75, 3.05) is 62.8 Å². The van der Waals surface area contributed by atoms with Gasteiger partial charge in [-0.3, -0.25) is 10.1 Å². The molecule has 0 amide bonds. The number of likely N-dealkylation sites (N-methyl/N-ethyl adjacent to an activating group) is 1. The molecular formula is C20H25FN6O3. The fraction of sp³-hybridized carbons (Fsp3) is 0.500. The number of nitro groups is 1. The van der Waals surface area contributed by atoms with Crippen molar-refractivity contribution in [3.63, 3.8) is 0 Å². The second-order valence-corrected chi connectivity index (χ2v) is 7.72. The summed E-state index contributed by atoms with van der Waals surface area (Å²) in [7, 11) is 2.01. The minimum atomic E-state index is -0.523. The van der Waals surface area contributed by atoms with E-state index >= 15 is 4.39 Å². The van der Waals surface area contributed by atoms with Gasteiger partial charge in [0.2, 0.25) is 5.95 Å². The number of anilines is 2. The van der Waals surface area contributed by atoms with Gasteiger partial charge in [0.15, 0.2) is 0 Å². The van der Waals surface area contributed by atoms with E-state index in [0.29, 0.717) is 56.6 Å². The fourth-order valence-corrected chi connectivity index (χ4v) is 3.83. The molecule has 10 heteroatoms. The highest BCUT2D eigenvalue weighted by Gasteiger charge is 2.28. The van der Waals surface area contributed by atoms with Crippen molar-refractivity contribution in [2.24, 2.45) is 0 Å². The Kier molecular flexibility index (Phi) is 5.78. The number of morpholine rings is 1. The maximum absolute atomic E-state index is 15.0. The predicted octanol–water partition coefficient (Wildman–Crippen LogP) is 2.17. The third-order valence-corrected chi connectivity index (χ3v) is 5.80. The lowest BCUT2D eigenvalue weighted by molar-refractivity contribution is -0.384. The van der Waals surface area contributed by atoms with Gasteiger partial charge < -0.3 is 19.4 Å². The number of hydrogen-bond donors (Lipinski definition) is 0. The van der Waals surface area contributed by atoms with Crippen LogP contribution in [0.15, 0.2) is 24.5 Å². The lowest BCUT2D eigenvalue weighted by Crippen LogP contribution is -2.50. The number of hydrogen-bond acceptors (Lipinski definition) is 8. The van der Waals surface area contributed by atoms with E-state index in [-0.39, 0.29) is 17.3 Å². The van der Waals surface area contributed by atoms with Crippen LogP contribution in [-0.2, 0) is 4.74 Å². The number of ether oxygens (including phenoxy) is 1. The molecule has 1 atom stereocenters. The summed E-state index contributed by atoms with van der Waals surface area (Å²) >= 11 is 0. The lowest BCUT2D eigenvalue weighted by atomic mass is 10.0. The molecule has 2 aromatic rings. The Morgan fingerprint density at radius 3 is 2.47 bits per heavy atom. The molecule has 0 unspecified atom stereocenters. The lowest BCUT2D eigenvalue weighted by Gasteiger charge is -2.38. The van der Waals surface area contributed by atoms with E-state index < -0.39 is 10.7 Å². The van der Waals surface area contributed by atoms with Crippen LogP contribution in [0.2, 0.25) is 0 Å². The van der Waals surface area contributed by atoms with E-state index in [0.717, 1.165) is 6.54 Å². The second kappa shape index (κ2) is 8.49. The van der Waals surface area contributed by atoms with Crippen LogP contribution < -0.4 is 9.80 Å². The van der Waals surface area contributed by atoms with Crippen LogP contribution in [0.25, 0.3) is 11.1 Å². The Morgan fingerprint density at radius 1 is 1.13 bits per heavy atom. The smallest absolute Gasteiger partial charge is 0.293 e. The second-order valence-electron chi connectivity index (χ2n) is 7.72. The average molecular weight is 416 g/mol. The van der Waals surface area contributed by atoms with Gasteiger partial charge in [-0.15, -0.1) is 0 Å². The molecule has 1 aromatic carbocycles. The van der Waals surface area contributed by atoms with Crippen molar-refractivity contribution in [3.05, 3.63) is 40.5 Å². The van der Waals surface area contributed by atoms with Crippen molar-refractivity contribution in [1.82, 2.24) is 14.9 Å². The Labute approximate surface area is 174 Å². The Bertz CT molecular complexity index is 920. The molecule has 0 N–H and O–H groups in total. The first-order valence-electron chi connectivity index (χ1n) is 10.0. The molecule has 0 saturated carbocycles. The van der Waals surface area contributed by atoms with E-state index in [1.165, 1.54) is 24.5 Å². The van der Waals surface area contributed by atoms with Crippen molar-refractivity contribution in [1.29, 1.82) is 0 Å². The summed E-state index contributed by atoms with van der Waals surface area (Å²) in [5.41, 5.74) is 0.736. The molecule has 4 rings (SSSR count). The van der Waals surface area contributed by atoms with Crippen LogP contribution >= 0.6 is 0 Å².